The van der Waals surface area contributed by atoms with E-state index in [0.717, 1.165) is 24.5 Å². The minimum atomic E-state index is 0.592. The van der Waals surface area contributed by atoms with Gasteiger partial charge in [0.15, 0.2) is 5.11 Å². The van der Waals surface area contributed by atoms with Gasteiger partial charge in [-0.1, -0.05) is 6.92 Å². The van der Waals surface area contributed by atoms with Crippen LogP contribution < -0.4 is 15.4 Å². The molecule has 4 nitrogen and oxygen atoms in total. The monoisotopic (exact) mass is 268 g/mol. The molecule has 1 rings (SSSR count). The van der Waals surface area contributed by atoms with E-state index in [2.05, 4.69) is 17.6 Å². The highest BCUT2D eigenvalue weighted by atomic mass is 32.1. The summed E-state index contributed by atoms with van der Waals surface area (Å²) in [6, 6.07) is 7.73. The maximum Gasteiger partial charge on any atom is 0.170 e. The Morgan fingerprint density at radius 2 is 1.94 bits per heavy atom. The molecule has 0 radical (unpaired) electrons. The van der Waals surface area contributed by atoms with E-state index in [1.165, 1.54) is 0 Å². The molecule has 0 fully saturated rings. The molecule has 0 aliphatic heterocycles. The molecular weight excluding hydrogens is 248 g/mol. The molecule has 0 unspecified atom stereocenters. The molecular formula is C13H20N2O2S. The third-order valence-electron chi connectivity index (χ3n) is 2.18. The number of nitrogens with one attached hydrogen (secondary N) is 2. The van der Waals surface area contributed by atoms with Crippen LogP contribution in [-0.4, -0.2) is 32.0 Å². The number of rotatable bonds is 7. The van der Waals surface area contributed by atoms with E-state index in [-0.39, 0.29) is 0 Å². The van der Waals surface area contributed by atoms with Crippen LogP contribution in [0.5, 0.6) is 5.75 Å². The van der Waals surface area contributed by atoms with Crippen LogP contribution in [0.25, 0.3) is 0 Å². The Morgan fingerprint density at radius 1 is 1.22 bits per heavy atom. The lowest BCUT2D eigenvalue weighted by molar-refractivity contribution is 0.204. The van der Waals surface area contributed by atoms with Crippen LogP contribution in [0.1, 0.15) is 13.3 Å². The van der Waals surface area contributed by atoms with Crippen molar-refractivity contribution >= 4 is 23.0 Å². The van der Waals surface area contributed by atoms with E-state index in [1.54, 1.807) is 7.11 Å². The van der Waals surface area contributed by atoms with Gasteiger partial charge in [0.05, 0.1) is 13.2 Å². The van der Waals surface area contributed by atoms with E-state index >= 15 is 0 Å². The molecule has 18 heavy (non-hydrogen) atoms. The summed E-state index contributed by atoms with van der Waals surface area (Å²) in [7, 11) is 1.66. The van der Waals surface area contributed by atoms with Crippen molar-refractivity contribution in [1.82, 2.24) is 5.32 Å². The Morgan fingerprint density at radius 3 is 2.56 bits per heavy atom. The predicted octanol–water partition coefficient (Wildman–Crippen LogP) is 2.41. The zero-order chi connectivity index (χ0) is 13.2. The first kappa shape index (κ1) is 14.7. The highest BCUT2D eigenvalue weighted by Crippen LogP contribution is 2.15. The van der Waals surface area contributed by atoms with Gasteiger partial charge in [0, 0.05) is 19.3 Å². The Balaban J connectivity index is 2.35. The fourth-order valence-corrected chi connectivity index (χ4v) is 1.52. The van der Waals surface area contributed by atoms with Gasteiger partial charge < -0.3 is 20.1 Å². The number of hydrogen-bond acceptors (Lipinski definition) is 3. The average Bonchev–Trinajstić information content (AvgIpc) is 2.38. The van der Waals surface area contributed by atoms with Crippen LogP contribution in [0.15, 0.2) is 24.3 Å². The van der Waals surface area contributed by atoms with Gasteiger partial charge in [0.2, 0.25) is 0 Å². The zero-order valence-electron chi connectivity index (χ0n) is 10.9. The van der Waals surface area contributed by atoms with Crippen LogP contribution in [0.4, 0.5) is 5.69 Å². The molecule has 0 aliphatic rings. The van der Waals surface area contributed by atoms with Gasteiger partial charge in [0.25, 0.3) is 0 Å². The largest absolute Gasteiger partial charge is 0.494 e. The van der Waals surface area contributed by atoms with Crippen molar-refractivity contribution in [3.8, 4) is 5.75 Å². The lowest BCUT2D eigenvalue weighted by Gasteiger charge is -2.11. The Hall–Kier alpha value is -1.33. The molecule has 0 atom stereocenters. The SMILES string of the molecule is CCCOc1ccc(NC(=S)NCCOC)cc1. The molecule has 0 heterocycles. The van der Waals surface area contributed by atoms with Crippen molar-refractivity contribution in [3.63, 3.8) is 0 Å². The first-order chi connectivity index (χ1) is 8.76. The molecule has 100 valence electrons. The molecule has 0 spiro atoms. The summed E-state index contributed by atoms with van der Waals surface area (Å²) in [6.45, 7) is 4.15. The fraction of sp³-hybridized carbons (Fsp3) is 0.462. The summed E-state index contributed by atoms with van der Waals surface area (Å²) in [5.41, 5.74) is 0.939. The molecule has 1 aromatic carbocycles. The van der Waals surface area contributed by atoms with Crippen molar-refractivity contribution in [2.45, 2.75) is 13.3 Å². The van der Waals surface area contributed by atoms with Crippen molar-refractivity contribution in [3.05, 3.63) is 24.3 Å². The Labute approximate surface area is 114 Å². The van der Waals surface area contributed by atoms with Crippen LogP contribution >= 0.6 is 12.2 Å². The van der Waals surface area contributed by atoms with E-state index in [1.807, 2.05) is 24.3 Å². The lowest BCUT2D eigenvalue weighted by Crippen LogP contribution is -2.31. The third kappa shape index (κ3) is 5.84. The number of methoxy groups -OCH3 is 1. The number of benzene rings is 1. The van der Waals surface area contributed by atoms with Gasteiger partial charge in [-0.05, 0) is 42.9 Å². The first-order valence-electron chi connectivity index (χ1n) is 6.03. The third-order valence-corrected chi connectivity index (χ3v) is 2.42. The molecule has 1 aromatic rings. The molecule has 0 saturated heterocycles. The molecule has 0 saturated carbocycles. The maximum atomic E-state index is 5.50. The summed E-state index contributed by atoms with van der Waals surface area (Å²) in [4.78, 5) is 0. The molecule has 2 N–H and O–H groups in total. The summed E-state index contributed by atoms with van der Waals surface area (Å²) in [6.07, 6.45) is 1.01. The standard InChI is InChI=1S/C13H20N2O2S/c1-3-9-17-12-6-4-11(5-7-12)15-13(18)14-8-10-16-2/h4-7H,3,8-10H2,1-2H3,(H2,14,15,18). The summed E-state index contributed by atoms with van der Waals surface area (Å²) < 4.78 is 10.4. The summed E-state index contributed by atoms with van der Waals surface area (Å²) in [5, 5.41) is 6.73. The van der Waals surface area contributed by atoms with Crippen LogP contribution in [0, 0.1) is 0 Å². The fourth-order valence-electron chi connectivity index (χ4n) is 1.30. The van der Waals surface area contributed by atoms with Gasteiger partial charge >= 0.3 is 0 Å². The van der Waals surface area contributed by atoms with Crippen molar-refractivity contribution < 1.29 is 9.47 Å². The van der Waals surface area contributed by atoms with Crippen LogP contribution in [0.3, 0.4) is 0 Å². The molecule has 0 aromatic heterocycles. The van der Waals surface area contributed by atoms with E-state index in [9.17, 15) is 0 Å². The van der Waals surface area contributed by atoms with Gasteiger partial charge in [-0.3, -0.25) is 0 Å². The van der Waals surface area contributed by atoms with Crippen LogP contribution in [-0.2, 0) is 4.74 Å². The second-order valence-electron chi connectivity index (χ2n) is 3.75. The van der Waals surface area contributed by atoms with Crippen molar-refractivity contribution in [2.24, 2.45) is 0 Å². The average molecular weight is 268 g/mol. The smallest absolute Gasteiger partial charge is 0.170 e. The maximum absolute atomic E-state index is 5.50. The quantitative estimate of drug-likeness (QED) is 0.587. The highest BCUT2D eigenvalue weighted by molar-refractivity contribution is 7.80. The molecule has 5 heteroatoms. The summed E-state index contributed by atoms with van der Waals surface area (Å²) in [5.74, 6) is 0.876. The summed E-state index contributed by atoms with van der Waals surface area (Å²) >= 11 is 5.14. The van der Waals surface area contributed by atoms with E-state index < -0.39 is 0 Å². The predicted molar refractivity (Wildman–Crippen MR) is 78.3 cm³/mol. The topological polar surface area (TPSA) is 42.5 Å². The molecule has 0 amide bonds. The van der Waals surface area contributed by atoms with Gasteiger partial charge in [-0.25, -0.2) is 0 Å². The minimum absolute atomic E-state index is 0.592. The Kier molecular flexibility index (Phi) is 7.13. The number of ether oxygens (including phenoxy) is 2. The highest BCUT2D eigenvalue weighted by Gasteiger charge is 1.98. The minimum Gasteiger partial charge on any atom is -0.494 e. The zero-order valence-corrected chi connectivity index (χ0v) is 11.7. The van der Waals surface area contributed by atoms with Crippen LogP contribution in [0.2, 0.25) is 0 Å². The van der Waals surface area contributed by atoms with E-state index in [4.69, 9.17) is 21.7 Å². The Bertz CT molecular complexity index is 355. The first-order valence-corrected chi connectivity index (χ1v) is 6.43. The van der Waals surface area contributed by atoms with Gasteiger partial charge in [-0.15, -0.1) is 0 Å². The second kappa shape index (κ2) is 8.72. The van der Waals surface area contributed by atoms with E-state index in [0.29, 0.717) is 18.3 Å². The normalized spacial score (nSPS) is 9.89. The van der Waals surface area contributed by atoms with Crippen molar-refractivity contribution in [1.29, 1.82) is 0 Å². The second-order valence-corrected chi connectivity index (χ2v) is 4.15. The lowest BCUT2D eigenvalue weighted by atomic mass is 10.3. The number of anilines is 1. The number of hydrogen-bond donors (Lipinski definition) is 2. The van der Waals surface area contributed by atoms with Gasteiger partial charge in [0.1, 0.15) is 5.75 Å². The molecule has 0 bridgehead atoms. The molecule has 0 aliphatic carbocycles. The number of thiocarbonyl (C=S) groups is 1. The van der Waals surface area contributed by atoms with Crippen molar-refractivity contribution in [2.75, 3.05) is 32.2 Å². The van der Waals surface area contributed by atoms with Gasteiger partial charge in [-0.2, -0.15) is 0 Å².